The van der Waals surface area contributed by atoms with Gasteiger partial charge < -0.3 is 5.11 Å². The summed E-state index contributed by atoms with van der Waals surface area (Å²) in [6.07, 6.45) is 0.741. The molecule has 0 saturated heterocycles. The van der Waals surface area contributed by atoms with Gasteiger partial charge in [-0.25, -0.2) is 0 Å². The molecule has 0 fully saturated rings. The van der Waals surface area contributed by atoms with Crippen molar-refractivity contribution in [3.05, 3.63) is 34.9 Å². The van der Waals surface area contributed by atoms with Gasteiger partial charge in [-0.1, -0.05) is 57.0 Å². The van der Waals surface area contributed by atoms with Gasteiger partial charge in [-0.15, -0.1) is 0 Å². The summed E-state index contributed by atoms with van der Waals surface area (Å²) in [5.41, 5.74) is 3.18. The molecular weight excluding hydrogens is 208 g/mol. The molecule has 0 saturated carbocycles. The van der Waals surface area contributed by atoms with E-state index in [1.807, 2.05) is 0 Å². The molecule has 0 aliphatic rings. The zero-order valence-electron chi connectivity index (χ0n) is 12.0. The van der Waals surface area contributed by atoms with Gasteiger partial charge in [0, 0.05) is 6.42 Å². The lowest BCUT2D eigenvalue weighted by Gasteiger charge is -2.36. The third-order valence-electron chi connectivity index (χ3n) is 3.77. The molecule has 1 rings (SSSR count). The maximum absolute atomic E-state index is 10.8. The zero-order valence-corrected chi connectivity index (χ0v) is 12.0. The van der Waals surface area contributed by atoms with E-state index in [-0.39, 0.29) is 11.8 Å². The van der Waals surface area contributed by atoms with Gasteiger partial charge in [0.05, 0.1) is 5.60 Å². The van der Waals surface area contributed by atoms with Crippen LogP contribution in [0.25, 0.3) is 0 Å². The van der Waals surface area contributed by atoms with E-state index in [1.165, 1.54) is 16.7 Å². The normalized spacial score (nSPS) is 12.5. The van der Waals surface area contributed by atoms with Crippen molar-refractivity contribution < 1.29 is 5.11 Å². The standard InChI is InChI=1S/C16H26O/c1-11(2)16(17,12(3)4)10-15-8-13(5)7-14(6)9-15/h7-9,11-12,17H,10H2,1-6H3. The van der Waals surface area contributed by atoms with Crippen molar-refractivity contribution >= 4 is 0 Å². The first-order chi connectivity index (χ1) is 7.75. The van der Waals surface area contributed by atoms with Crippen LogP contribution in [0.15, 0.2) is 18.2 Å². The molecular formula is C16H26O. The van der Waals surface area contributed by atoms with E-state index in [0.717, 1.165) is 6.42 Å². The van der Waals surface area contributed by atoms with Crippen molar-refractivity contribution in [2.24, 2.45) is 11.8 Å². The highest BCUT2D eigenvalue weighted by Crippen LogP contribution is 2.30. The highest BCUT2D eigenvalue weighted by atomic mass is 16.3. The van der Waals surface area contributed by atoms with Gasteiger partial charge in [0.15, 0.2) is 0 Å². The third-order valence-corrected chi connectivity index (χ3v) is 3.77. The summed E-state index contributed by atoms with van der Waals surface area (Å²) in [6.45, 7) is 12.6. The zero-order chi connectivity index (χ0) is 13.2. The van der Waals surface area contributed by atoms with Crippen LogP contribution >= 0.6 is 0 Å². The molecule has 0 aromatic heterocycles. The van der Waals surface area contributed by atoms with Crippen molar-refractivity contribution in [2.45, 2.75) is 53.6 Å². The monoisotopic (exact) mass is 234 g/mol. The second-order valence-corrected chi connectivity index (χ2v) is 5.97. The molecule has 1 nitrogen and oxygen atoms in total. The molecule has 0 atom stereocenters. The fourth-order valence-electron chi connectivity index (χ4n) is 2.57. The van der Waals surface area contributed by atoms with Crippen LogP contribution in [-0.4, -0.2) is 10.7 Å². The Morgan fingerprint density at radius 2 is 1.35 bits per heavy atom. The summed E-state index contributed by atoms with van der Waals surface area (Å²) >= 11 is 0. The molecule has 1 aromatic rings. The summed E-state index contributed by atoms with van der Waals surface area (Å²) in [4.78, 5) is 0. The molecule has 0 unspecified atom stereocenters. The summed E-state index contributed by atoms with van der Waals surface area (Å²) in [7, 11) is 0. The number of benzene rings is 1. The van der Waals surface area contributed by atoms with Gasteiger partial charge in [-0.3, -0.25) is 0 Å². The van der Waals surface area contributed by atoms with Crippen LogP contribution in [0.4, 0.5) is 0 Å². The van der Waals surface area contributed by atoms with Crippen molar-refractivity contribution in [1.82, 2.24) is 0 Å². The molecule has 96 valence electrons. The average Bonchev–Trinajstić information content (AvgIpc) is 2.14. The Kier molecular flexibility index (Phi) is 4.37. The van der Waals surface area contributed by atoms with Gasteiger partial charge in [0.25, 0.3) is 0 Å². The van der Waals surface area contributed by atoms with Gasteiger partial charge in [0.1, 0.15) is 0 Å². The Morgan fingerprint density at radius 3 is 1.71 bits per heavy atom. The smallest absolute Gasteiger partial charge is 0.0733 e. The van der Waals surface area contributed by atoms with Crippen molar-refractivity contribution in [3.8, 4) is 0 Å². The van der Waals surface area contributed by atoms with Gasteiger partial charge in [-0.2, -0.15) is 0 Å². The van der Waals surface area contributed by atoms with Crippen LogP contribution in [0.1, 0.15) is 44.4 Å². The molecule has 0 aliphatic heterocycles. The van der Waals surface area contributed by atoms with Gasteiger partial charge >= 0.3 is 0 Å². The molecule has 1 aromatic carbocycles. The predicted molar refractivity (Wildman–Crippen MR) is 74.2 cm³/mol. The highest BCUT2D eigenvalue weighted by molar-refractivity contribution is 5.29. The molecule has 0 heterocycles. The van der Waals surface area contributed by atoms with E-state index in [2.05, 4.69) is 59.7 Å². The average molecular weight is 234 g/mol. The largest absolute Gasteiger partial charge is 0.389 e. The molecule has 17 heavy (non-hydrogen) atoms. The first-order valence-electron chi connectivity index (χ1n) is 6.55. The minimum atomic E-state index is -0.611. The van der Waals surface area contributed by atoms with Gasteiger partial charge in [0.2, 0.25) is 0 Å². The minimum absolute atomic E-state index is 0.267. The predicted octanol–water partition coefficient (Wildman–Crippen LogP) is 3.89. The lowest BCUT2D eigenvalue weighted by molar-refractivity contribution is -0.0462. The van der Waals surface area contributed by atoms with E-state index in [1.54, 1.807) is 0 Å². The molecule has 0 bridgehead atoms. The van der Waals surface area contributed by atoms with Crippen molar-refractivity contribution in [2.75, 3.05) is 0 Å². The Hall–Kier alpha value is -0.820. The van der Waals surface area contributed by atoms with E-state index in [4.69, 9.17) is 0 Å². The van der Waals surface area contributed by atoms with E-state index in [0.29, 0.717) is 0 Å². The Labute approximate surface area is 106 Å². The number of aliphatic hydroxyl groups is 1. The van der Waals surface area contributed by atoms with E-state index in [9.17, 15) is 5.11 Å². The van der Waals surface area contributed by atoms with Crippen LogP contribution in [0.5, 0.6) is 0 Å². The first-order valence-corrected chi connectivity index (χ1v) is 6.55. The van der Waals surface area contributed by atoms with Crippen LogP contribution < -0.4 is 0 Å². The Balaban J connectivity index is 3.02. The molecule has 1 heteroatoms. The minimum Gasteiger partial charge on any atom is -0.389 e. The molecule has 0 radical (unpaired) electrons. The fourth-order valence-corrected chi connectivity index (χ4v) is 2.57. The van der Waals surface area contributed by atoms with Crippen molar-refractivity contribution in [3.63, 3.8) is 0 Å². The number of hydrogen-bond donors (Lipinski definition) is 1. The molecule has 0 amide bonds. The van der Waals surface area contributed by atoms with E-state index < -0.39 is 5.60 Å². The maximum Gasteiger partial charge on any atom is 0.0733 e. The lowest BCUT2D eigenvalue weighted by Crippen LogP contribution is -2.42. The Bertz CT molecular complexity index is 349. The molecule has 1 N–H and O–H groups in total. The summed E-state index contributed by atoms with van der Waals surface area (Å²) in [5, 5.41) is 10.8. The third kappa shape index (κ3) is 3.32. The van der Waals surface area contributed by atoms with Gasteiger partial charge in [-0.05, 0) is 31.2 Å². The highest BCUT2D eigenvalue weighted by Gasteiger charge is 2.34. The van der Waals surface area contributed by atoms with Crippen molar-refractivity contribution in [1.29, 1.82) is 0 Å². The lowest BCUT2D eigenvalue weighted by atomic mass is 9.76. The summed E-state index contributed by atoms with van der Waals surface area (Å²) in [5.74, 6) is 0.534. The summed E-state index contributed by atoms with van der Waals surface area (Å²) in [6, 6.07) is 6.54. The topological polar surface area (TPSA) is 20.2 Å². The second kappa shape index (κ2) is 5.22. The number of rotatable bonds is 4. The molecule has 0 spiro atoms. The van der Waals surface area contributed by atoms with Crippen LogP contribution in [0.3, 0.4) is 0 Å². The second-order valence-electron chi connectivity index (χ2n) is 5.97. The van der Waals surface area contributed by atoms with Crippen LogP contribution in [0.2, 0.25) is 0 Å². The fraction of sp³-hybridized carbons (Fsp3) is 0.625. The van der Waals surface area contributed by atoms with Crippen LogP contribution in [0, 0.1) is 25.7 Å². The quantitative estimate of drug-likeness (QED) is 0.838. The van der Waals surface area contributed by atoms with Crippen LogP contribution in [-0.2, 0) is 6.42 Å². The summed E-state index contributed by atoms with van der Waals surface area (Å²) < 4.78 is 0. The Morgan fingerprint density at radius 1 is 0.941 bits per heavy atom. The SMILES string of the molecule is Cc1cc(C)cc(CC(O)(C(C)C)C(C)C)c1. The maximum atomic E-state index is 10.8. The molecule has 0 aliphatic carbocycles. The first kappa shape index (κ1) is 14.2. The van der Waals surface area contributed by atoms with E-state index >= 15 is 0 Å². The number of aryl methyl sites for hydroxylation is 2. The number of hydrogen-bond acceptors (Lipinski definition) is 1.